The molecular weight excluding hydrogens is 440 g/mol. The molecule has 5 nitrogen and oxygen atoms in total. The van der Waals surface area contributed by atoms with E-state index in [0.29, 0.717) is 19.8 Å². The van der Waals surface area contributed by atoms with Crippen LogP contribution >= 0.6 is 0 Å². The quantitative estimate of drug-likeness (QED) is 0.438. The number of fused-ring (bicyclic) bond motifs is 3. The topological polar surface area (TPSA) is 61.8 Å². The van der Waals surface area contributed by atoms with Gasteiger partial charge in [0.1, 0.15) is 5.78 Å². The summed E-state index contributed by atoms with van der Waals surface area (Å²) in [4.78, 5) is 27.4. The summed E-state index contributed by atoms with van der Waals surface area (Å²) < 4.78 is 18.8. The average molecular weight is 479 g/mol. The fraction of sp³-hybridized carbons (Fsp3) is 0.667. The summed E-state index contributed by atoms with van der Waals surface area (Å²) in [6.07, 6.45) is 9.18. The molecule has 6 rings (SSSR count). The molecule has 1 heterocycles. The minimum atomic E-state index is -1.09. The van der Waals surface area contributed by atoms with Crippen molar-refractivity contribution in [1.29, 1.82) is 0 Å². The highest BCUT2D eigenvalue weighted by Gasteiger charge is 2.85. The van der Waals surface area contributed by atoms with Crippen LogP contribution in [0.3, 0.4) is 0 Å². The average Bonchev–Trinajstić information content (AvgIpc) is 3.34. The Morgan fingerprint density at radius 2 is 1.71 bits per heavy atom. The molecule has 35 heavy (non-hydrogen) atoms. The number of carbonyl (C=O) groups is 2. The van der Waals surface area contributed by atoms with Crippen molar-refractivity contribution >= 4 is 11.8 Å². The van der Waals surface area contributed by atoms with Crippen molar-refractivity contribution in [2.24, 2.45) is 34.0 Å². The SMILES string of the molecule is CCOC(=O)C[C@@H]1C(=O)[C@@H]2[C@H](C13OCC(C)(C)CO3)[C@]13C=C[C@@]2(c2ccccc2)[C@@]1(C)CCCC3. The molecule has 3 saturated carbocycles. The van der Waals surface area contributed by atoms with Crippen LogP contribution in [0.15, 0.2) is 42.5 Å². The second kappa shape index (κ2) is 7.52. The van der Waals surface area contributed by atoms with E-state index >= 15 is 0 Å². The minimum absolute atomic E-state index is 0.0117. The Hall–Kier alpha value is -1.98. The smallest absolute Gasteiger partial charge is 0.306 e. The zero-order valence-electron chi connectivity index (χ0n) is 21.5. The van der Waals surface area contributed by atoms with Gasteiger partial charge in [0.15, 0.2) is 5.79 Å². The molecule has 4 fully saturated rings. The van der Waals surface area contributed by atoms with Gasteiger partial charge in [-0.25, -0.2) is 0 Å². The lowest BCUT2D eigenvalue weighted by atomic mass is 9.51. The number of hydrogen-bond acceptors (Lipinski definition) is 5. The number of rotatable bonds is 4. The monoisotopic (exact) mass is 478 g/mol. The Labute approximate surface area is 208 Å². The van der Waals surface area contributed by atoms with Crippen LogP contribution in [0.25, 0.3) is 0 Å². The molecule has 1 aliphatic heterocycles. The molecule has 5 aliphatic rings. The highest BCUT2D eigenvalue weighted by Crippen LogP contribution is 2.82. The molecule has 0 unspecified atom stereocenters. The summed E-state index contributed by atoms with van der Waals surface area (Å²) in [6.45, 7) is 9.79. The zero-order chi connectivity index (χ0) is 24.7. The Kier molecular flexibility index (Phi) is 5.03. The van der Waals surface area contributed by atoms with Crippen LogP contribution in [0.2, 0.25) is 0 Å². The second-order valence-electron chi connectivity index (χ2n) is 12.5. The lowest BCUT2D eigenvalue weighted by Crippen LogP contribution is -2.59. The Morgan fingerprint density at radius 3 is 2.40 bits per heavy atom. The summed E-state index contributed by atoms with van der Waals surface area (Å²) in [5.41, 5.74) is 0.329. The van der Waals surface area contributed by atoms with Crippen molar-refractivity contribution in [3.05, 3.63) is 48.0 Å². The van der Waals surface area contributed by atoms with Crippen LogP contribution in [0.1, 0.15) is 65.4 Å². The van der Waals surface area contributed by atoms with Gasteiger partial charge in [-0.05, 0) is 30.7 Å². The van der Waals surface area contributed by atoms with E-state index < -0.39 is 17.1 Å². The van der Waals surface area contributed by atoms with Gasteiger partial charge in [-0.15, -0.1) is 0 Å². The molecule has 0 aromatic heterocycles. The van der Waals surface area contributed by atoms with Crippen molar-refractivity contribution in [3.63, 3.8) is 0 Å². The van der Waals surface area contributed by atoms with Gasteiger partial charge in [0, 0.05) is 28.1 Å². The summed E-state index contributed by atoms with van der Waals surface area (Å²) in [7, 11) is 0. The Balaban J connectivity index is 1.56. The van der Waals surface area contributed by atoms with Crippen molar-refractivity contribution in [2.75, 3.05) is 19.8 Å². The van der Waals surface area contributed by atoms with E-state index in [1.165, 1.54) is 5.56 Å². The molecular formula is C30H38O5. The number of Topliss-reactive ketones (excluding diaryl/α,β-unsaturated/α-hetero) is 1. The van der Waals surface area contributed by atoms with Crippen molar-refractivity contribution < 1.29 is 23.8 Å². The minimum Gasteiger partial charge on any atom is -0.466 e. The molecule has 2 bridgehead atoms. The van der Waals surface area contributed by atoms with Gasteiger partial charge in [0.25, 0.3) is 0 Å². The van der Waals surface area contributed by atoms with E-state index in [1.807, 2.05) is 6.07 Å². The number of ether oxygens (including phenoxy) is 3. The fourth-order valence-electron chi connectivity index (χ4n) is 8.97. The highest BCUT2D eigenvalue weighted by molar-refractivity contribution is 5.94. The molecule has 188 valence electrons. The Bertz CT molecular complexity index is 1070. The third kappa shape index (κ3) is 2.72. The van der Waals surface area contributed by atoms with Crippen LogP contribution in [0, 0.1) is 34.0 Å². The van der Waals surface area contributed by atoms with E-state index in [4.69, 9.17) is 14.2 Å². The maximum Gasteiger partial charge on any atom is 0.306 e. The molecule has 1 spiro atoms. The van der Waals surface area contributed by atoms with E-state index in [9.17, 15) is 9.59 Å². The second-order valence-corrected chi connectivity index (χ2v) is 12.5. The molecule has 1 aromatic rings. The predicted octanol–water partition coefficient (Wildman–Crippen LogP) is 5.23. The van der Waals surface area contributed by atoms with Crippen LogP contribution in [-0.2, 0) is 29.2 Å². The maximum atomic E-state index is 14.6. The molecule has 5 heteroatoms. The highest BCUT2D eigenvalue weighted by atomic mass is 16.7. The third-order valence-corrected chi connectivity index (χ3v) is 10.4. The number of carbonyl (C=O) groups excluding carboxylic acids is 2. The van der Waals surface area contributed by atoms with Gasteiger partial charge in [-0.2, -0.15) is 0 Å². The molecule has 0 radical (unpaired) electrons. The van der Waals surface area contributed by atoms with Gasteiger partial charge in [0.2, 0.25) is 0 Å². The summed E-state index contributed by atoms with van der Waals surface area (Å²) in [6, 6.07) is 10.6. The van der Waals surface area contributed by atoms with Crippen LogP contribution in [0.5, 0.6) is 0 Å². The van der Waals surface area contributed by atoms with Crippen molar-refractivity contribution in [1.82, 2.24) is 0 Å². The molecule has 0 amide bonds. The first-order valence-corrected chi connectivity index (χ1v) is 13.4. The van der Waals surface area contributed by atoms with Gasteiger partial charge >= 0.3 is 5.97 Å². The van der Waals surface area contributed by atoms with Gasteiger partial charge < -0.3 is 14.2 Å². The Morgan fingerprint density at radius 1 is 1.03 bits per heavy atom. The van der Waals surface area contributed by atoms with Crippen molar-refractivity contribution in [2.45, 2.75) is 71.0 Å². The lowest BCUT2D eigenvalue weighted by molar-refractivity contribution is -0.344. The number of ketones is 1. The van der Waals surface area contributed by atoms with Crippen molar-refractivity contribution in [3.8, 4) is 0 Å². The standard InChI is InChI=1S/C30H38O5/c1-5-33-22(31)17-21-24(32)23-25(30(21)34-18-26(2,3)19-35-30)28-14-10-9-13-27(28,4)29(23,16-15-28)20-11-7-6-8-12-20/h6-8,11-12,15-16,21,23,25H,5,9-10,13-14,17-19H2,1-4H3/t21-,23-,25+,27+,28+,29+/m1/s1. The number of allylic oxidation sites excluding steroid dienone is 2. The number of hydrogen-bond donors (Lipinski definition) is 0. The first kappa shape index (κ1) is 23.4. The van der Waals surface area contributed by atoms with Gasteiger partial charge in [-0.3, -0.25) is 9.59 Å². The van der Waals surface area contributed by atoms with E-state index in [-0.39, 0.29) is 46.3 Å². The molecule has 1 aromatic carbocycles. The number of esters is 1. The normalized spacial score (nSPS) is 42.2. The van der Waals surface area contributed by atoms with Crippen LogP contribution in [0.4, 0.5) is 0 Å². The molecule has 6 atom stereocenters. The first-order valence-electron chi connectivity index (χ1n) is 13.4. The largest absolute Gasteiger partial charge is 0.466 e. The van der Waals surface area contributed by atoms with E-state index in [0.717, 1.165) is 25.7 Å². The first-order chi connectivity index (χ1) is 16.7. The van der Waals surface area contributed by atoms with E-state index in [1.54, 1.807) is 6.92 Å². The number of benzene rings is 1. The van der Waals surface area contributed by atoms with Gasteiger partial charge in [0.05, 0.1) is 32.2 Å². The van der Waals surface area contributed by atoms with Crippen LogP contribution in [-0.4, -0.2) is 37.4 Å². The molecule has 1 saturated heterocycles. The fourth-order valence-corrected chi connectivity index (χ4v) is 8.97. The summed E-state index contributed by atoms with van der Waals surface area (Å²) in [5.74, 6) is -2.37. The van der Waals surface area contributed by atoms with Crippen LogP contribution < -0.4 is 0 Å². The molecule has 0 N–H and O–H groups in total. The zero-order valence-corrected chi connectivity index (χ0v) is 21.5. The predicted molar refractivity (Wildman–Crippen MR) is 131 cm³/mol. The summed E-state index contributed by atoms with van der Waals surface area (Å²) >= 11 is 0. The lowest BCUT2D eigenvalue weighted by Gasteiger charge is -2.55. The van der Waals surface area contributed by atoms with E-state index in [2.05, 4.69) is 57.2 Å². The maximum absolute atomic E-state index is 14.6. The molecule has 4 aliphatic carbocycles. The third-order valence-electron chi connectivity index (χ3n) is 10.4. The van der Waals surface area contributed by atoms with Gasteiger partial charge in [-0.1, -0.05) is 76.1 Å². The summed E-state index contributed by atoms with van der Waals surface area (Å²) in [5, 5.41) is 0.